The molecule has 2 aromatic heterocycles. The molecule has 26 heavy (non-hydrogen) atoms. The van der Waals surface area contributed by atoms with Crippen LogP contribution in [0.15, 0.2) is 58.2 Å². The van der Waals surface area contributed by atoms with Crippen LogP contribution in [0.3, 0.4) is 0 Å². The van der Waals surface area contributed by atoms with Crippen molar-refractivity contribution in [3.8, 4) is 17.1 Å². The van der Waals surface area contributed by atoms with Gasteiger partial charge in [-0.25, -0.2) is 0 Å². The van der Waals surface area contributed by atoms with Gasteiger partial charge in [0, 0.05) is 5.56 Å². The molecule has 0 aliphatic heterocycles. The molecule has 0 saturated carbocycles. The highest BCUT2D eigenvalue weighted by atomic mass is 32.2. The summed E-state index contributed by atoms with van der Waals surface area (Å²) in [7, 11) is 0. The van der Waals surface area contributed by atoms with E-state index in [0.717, 1.165) is 22.4 Å². The maximum atomic E-state index is 5.35. The second kappa shape index (κ2) is 7.09. The Morgan fingerprint density at radius 2 is 1.77 bits per heavy atom. The number of thioether (sulfide) groups is 1. The smallest absolute Gasteiger partial charge is 0.237 e. The number of aryl methyl sites for hydroxylation is 2. The topological polar surface area (TPSA) is 82.5 Å². The predicted molar refractivity (Wildman–Crippen MR) is 97.9 cm³/mol. The Bertz CT molecular complexity index is 1010. The molecule has 0 aliphatic carbocycles. The van der Waals surface area contributed by atoms with Gasteiger partial charge in [0.1, 0.15) is 0 Å². The third-order valence-corrected chi connectivity index (χ3v) is 4.82. The monoisotopic (exact) mass is 364 g/mol. The van der Waals surface area contributed by atoms with E-state index in [1.807, 2.05) is 62.4 Å². The molecule has 0 saturated heterocycles. The number of rotatable bonds is 5. The van der Waals surface area contributed by atoms with E-state index >= 15 is 0 Å². The summed E-state index contributed by atoms with van der Waals surface area (Å²) < 4.78 is 7.10. The van der Waals surface area contributed by atoms with Crippen molar-refractivity contribution in [2.45, 2.75) is 24.8 Å². The summed E-state index contributed by atoms with van der Waals surface area (Å²) in [5.41, 5.74) is 4.15. The number of para-hydroxylation sites is 1. The van der Waals surface area contributed by atoms with Crippen LogP contribution in [0.5, 0.6) is 0 Å². The van der Waals surface area contributed by atoms with Gasteiger partial charge < -0.3 is 4.52 Å². The molecule has 0 aliphatic rings. The Kier molecular flexibility index (Phi) is 4.49. The van der Waals surface area contributed by atoms with Crippen LogP contribution < -0.4 is 0 Å². The third-order valence-electron chi connectivity index (χ3n) is 3.92. The van der Waals surface area contributed by atoms with E-state index in [1.54, 1.807) is 4.68 Å². The molecule has 0 spiro atoms. The fraction of sp³-hybridized carbons (Fsp3) is 0.167. The summed E-state index contributed by atoms with van der Waals surface area (Å²) in [5.74, 6) is 1.60. The Morgan fingerprint density at radius 1 is 1.00 bits per heavy atom. The molecule has 4 aromatic rings. The minimum absolute atomic E-state index is 0.491. The van der Waals surface area contributed by atoms with E-state index in [1.165, 1.54) is 11.8 Å². The first kappa shape index (κ1) is 16.5. The van der Waals surface area contributed by atoms with Crippen LogP contribution in [-0.2, 0) is 5.75 Å². The van der Waals surface area contributed by atoms with Crippen LogP contribution in [0.2, 0.25) is 0 Å². The molecule has 0 radical (unpaired) electrons. The summed E-state index contributed by atoms with van der Waals surface area (Å²) >= 11 is 1.46. The summed E-state index contributed by atoms with van der Waals surface area (Å²) in [5, 5.41) is 16.8. The van der Waals surface area contributed by atoms with Crippen LogP contribution in [0.1, 0.15) is 17.0 Å². The van der Waals surface area contributed by atoms with E-state index in [9.17, 15) is 0 Å². The van der Waals surface area contributed by atoms with Gasteiger partial charge in [0.25, 0.3) is 0 Å². The van der Waals surface area contributed by atoms with Gasteiger partial charge in [-0.1, -0.05) is 65.4 Å². The molecule has 130 valence electrons. The molecular formula is C18H16N6OS. The molecule has 0 bridgehead atoms. The zero-order valence-corrected chi connectivity index (χ0v) is 15.1. The van der Waals surface area contributed by atoms with Gasteiger partial charge in [0.05, 0.1) is 11.4 Å². The molecule has 7 nitrogen and oxygen atoms in total. The molecule has 2 heterocycles. The first-order valence-electron chi connectivity index (χ1n) is 8.08. The average Bonchev–Trinajstić information content (AvgIpc) is 3.30. The molecule has 0 unspecified atom stereocenters. The van der Waals surface area contributed by atoms with Crippen LogP contribution in [0.4, 0.5) is 0 Å². The van der Waals surface area contributed by atoms with E-state index < -0.39 is 0 Å². The van der Waals surface area contributed by atoms with Crippen molar-refractivity contribution >= 4 is 11.8 Å². The number of benzene rings is 2. The summed E-state index contributed by atoms with van der Waals surface area (Å²) in [6.45, 7) is 4.09. The van der Waals surface area contributed by atoms with Crippen molar-refractivity contribution in [3.05, 3.63) is 65.5 Å². The highest BCUT2D eigenvalue weighted by Gasteiger charge is 2.15. The van der Waals surface area contributed by atoms with Crippen molar-refractivity contribution in [1.29, 1.82) is 0 Å². The maximum absolute atomic E-state index is 5.35. The molecule has 8 heteroatoms. The van der Waals surface area contributed by atoms with Crippen LogP contribution in [-0.4, -0.2) is 30.3 Å². The Hall–Kier alpha value is -3.00. The van der Waals surface area contributed by atoms with Crippen molar-refractivity contribution in [2.24, 2.45) is 0 Å². The molecule has 0 amide bonds. The van der Waals surface area contributed by atoms with E-state index in [4.69, 9.17) is 4.52 Å². The molecule has 2 aromatic carbocycles. The average molecular weight is 364 g/mol. The number of aromatic nitrogens is 6. The van der Waals surface area contributed by atoms with Crippen molar-refractivity contribution < 1.29 is 4.52 Å². The second-order valence-electron chi connectivity index (χ2n) is 5.78. The lowest BCUT2D eigenvalue weighted by Crippen LogP contribution is -2.04. The maximum Gasteiger partial charge on any atom is 0.237 e. The fourth-order valence-corrected chi connectivity index (χ4v) is 3.41. The minimum Gasteiger partial charge on any atom is -0.338 e. The predicted octanol–water partition coefficient (Wildman–Crippen LogP) is 3.62. The normalized spacial score (nSPS) is 11.0. The quantitative estimate of drug-likeness (QED) is 0.500. The van der Waals surface area contributed by atoms with Gasteiger partial charge in [-0.15, -0.1) is 5.10 Å². The summed E-state index contributed by atoms with van der Waals surface area (Å²) in [6.07, 6.45) is 0. The molecule has 0 N–H and O–H groups in total. The van der Waals surface area contributed by atoms with Gasteiger partial charge in [0.15, 0.2) is 0 Å². The highest BCUT2D eigenvalue weighted by molar-refractivity contribution is 7.98. The lowest BCUT2D eigenvalue weighted by Gasteiger charge is -2.09. The first-order valence-corrected chi connectivity index (χ1v) is 9.06. The molecule has 0 fully saturated rings. The van der Waals surface area contributed by atoms with Crippen LogP contribution in [0.25, 0.3) is 17.1 Å². The molecular weight excluding hydrogens is 348 g/mol. The van der Waals surface area contributed by atoms with Crippen LogP contribution in [0, 0.1) is 13.8 Å². The van der Waals surface area contributed by atoms with Gasteiger partial charge in [-0.2, -0.15) is 9.67 Å². The van der Waals surface area contributed by atoms with Crippen molar-refractivity contribution in [2.75, 3.05) is 0 Å². The Balaban J connectivity index is 1.54. The Morgan fingerprint density at radius 3 is 2.54 bits per heavy atom. The van der Waals surface area contributed by atoms with Gasteiger partial charge in [-0.05, 0) is 35.4 Å². The summed E-state index contributed by atoms with van der Waals surface area (Å²) in [6, 6.07) is 15.8. The second-order valence-corrected chi connectivity index (χ2v) is 6.72. The van der Waals surface area contributed by atoms with Crippen LogP contribution >= 0.6 is 11.8 Å². The molecule has 4 rings (SSSR count). The van der Waals surface area contributed by atoms with Crippen molar-refractivity contribution in [3.63, 3.8) is 0 Å². The molecule has 0 atom stereocenters. The zero-order valence-electron chi connectivity index (χ0n) is 14.3. The number of nitrogens with zero attached hydrogens (tertiary/aromatic N) is 6. The van der Waals surface area contributed by atoms with E-state index in [-0.39, 0.29) is 0 Å². The van der Waals surface area contributed by atoms with Gasteiger partial charge in [-0.3, -0.25) is 0 Å². The SMILES string of the molecule is Cc1cccc(C)c1-n1nnnc1SCc1nc(-c2ccccc2)no1. The number of tetrazole rings is 1. The number of hydrogen-bond donors (Lipinski definition) is 0. The third kappa shape index (κ3) is 3.23. The standard InChI is InChI=1S/C18H16N6OS/c1-12-7-6-8-13(2)16(12)24-18(20-22-23-24)26-11-15-19-17(21-25-15)14-9-4-3-5-10-14/h3-10H,11H2,1-2H3. The lowest BCUT2D eigenvalue weighted by molar-refractivity contribution is 0.391. The first-order chi connectivity index (χ1) is 12.7. The number of hydrogen-bond acceptors (Lipinski definition) is 7. The zero-order chi connectivity index (χ0) is 17.9. The summed E-state index contributed by atoms with van der Waals surface area (Å²) in [4.78, 5) is 4.44. The van der Waals surface area contributed by atoms with Gasteiger partial charge in [0.2, 0.25) is 16.9 Å². The van der Waals surface area contributed by atoms with E-state index in [0.29, 0.717) is 22.6 Å². The fourth-order valence-electron chi connectivity index (χ4n) is 2.69. The van der Waals surface area contributed by atoms with Gasteiger partial charge >= 0.3 is 0 Å². The largest absolute Gasteiger partial charge is 0.338 e. The Labute approximate surface area is 154 Å². The lowest BCUT2D eigenvalue weighted by atomic mass is 10.1. The van der Waals surface area contributed by atoms with E-state index in [2.05, 4.69) is 25.7 Å². The van der Waals surface area contributed by atoms with Crippen molar-refractivity contribution in [1.82, 2.24) is 30.3 Å². The minimum atomic E-state index is 0.491. The highest BCUT2D eigenvalue weighted by Crippen LogP contribution is 2.26.